The monoisotopic (exact) mass is 334 g/mol. The van der Waals surface area contributed by atoms with Crippen LogP contribution in [0, 0.1) is 5.41 Å². The Kier molecular flexibility index (Phi) is 5.57. The van der Waals surface area contributed by atoms with Gasteiger partial charge in [0.25, 0.3) is 0 Å². The lowest BCUT2D eigenvalue weighted by atomic mass is 9.81. The van der Waals surface area contributed by atoms with Gasteiger partial charge >= 0.3 is 6.18 Å². The summed E-state index contributed by atoms with van der Waals surface area (Å²) in [6.07, 6.45) is 0.262. The summed E-state index contributed by atoms with van der Waals surface area (Å²) in [6.45, 7) is 3.05. The van der Waals surface area contributed by atoms with Crippen LogP contribution in [0.3, 0.4) is 0 Å². The summed E-state index contributed by atoms with van der Waals surface area (Å²) in [4.78, 5) is 27.3. The van der Waals surface area contributed by atoms with E-state index in [1.807, 2.05) is 6.92 Å². The Labute approximate surface area is 135 Å². The van der Waals surface area contributed by atoms with Gasteiger partial charge in [-0.15, -0.1) is 0 Å². The fraction of sp³-hybridized carbons (Fsp3) is 0.875. The number of alkyl halides is 3. The second-order valence-electron chi connectivity index (χ2n) is 6.94. The zero-order chi connectivity index (χ0) is 17.1. The smallest absolute Gasteiger partial charge is 0.339 e. The number of rotatable bonds is 2. The van der Waals surface area contributed by atoms with E-state index in [2.05, 4.69) is 0 Å². The highest BCUT2D eigenvalue weighted by molar-refractivity contribution is 5.83. The summed E-state index contributed by atoms with van der Waals surface area (Å²) in [5.74, 6) is -0.799. The van der Waals surface area contributed by atoms with Gasteiger partial charge in [0.1, 0.15) is 6.42 Å². The highest BCUT2D eigenvalue weighted by Gasteiger charge is 2.39. The van der Waals surface area contributed by atoms with Gasteiger partial charge in [0.15, 0.2) is 0 Å². The maximum absolute atomic E-state index is 12.8. The molecule has 1 saturated heterocycles. The van der Waals surface area contributed by atoms with Gasteiger partial charge in [0.05, 0.1) is 0 Å². The summed E-state index contributed by atoms with van der Waals surface area (Å²) in [6, 6.07) is 0. The van der Waals surface area contributed by atoms with Crippen molar-refractivity contribution in [3.05, 3.63) is 0 Å². The van der Waals surface area contributed by atoms with Gasteiger partial charge in [0, 0.05) is 31.6 Å². The molecule has 2 aliphatic rings. The number of hydrogen-bond acceptors (Lipinski definition) is 2. The fourth-order valence-electron chi connectivity index (χ4n) is 3.55. The minimum atomic E-state index is -4.47. The van der Waals surface area contributed by atoms with E-state index in [1.165, 1.54) is 4.90 Å². The third-order valence-electron chi connectivity index (χ3n) is 4.99. The molecular formula is C16H25F3N2O2. The van der Waals surface area contributed by atoms with Crippen LogP contribution in [-0.4, -0.2) is 54.0 Å². The second-order valence-corrected chi connectivity index (χ2v) is 6.94. The first-order valence-electron chi connectivity index (χ1n) is 8.35. The maximum atomic E-state index is 12.8. The zero-order valence-electron chi connectivity index (χ0n) is 13.6. The van der Waals surface area contributed by atoms with E-state index in [0.717, 1.165) is 38.5 Å². The molecular weight excluding hydrogens is 309 g/mol. The molecule has 0 bridgehead atoms. The minimum Gasteiger partial charge on any atom is -0.339 e. The van der Waals surface area contributed by atoms with Crippen LogP contribution in [0.4, 0.5) is 13.2 Å². The van der Waals surface area contributed by atoms with Gasteiger partial charge in [0.2, 0.25) is 11.8 Å². The van der Waals surface area contributed by atoms with Crippen LogP contribution in [0.5, 0.6) is 0 Å². The van der Waals surface area contributed by atoms with Crippen molar-refractivity contribution in [3.63, 3.8) is 0 Å². The lowest BCUT2D eigenvalue weighted by Crippen LogP contribution is -2.54. The molecule has 1 saturated carbocycles. The molecule has 0 aromatic heterocycles. The normalized spacial score (nSPS) is 22.6. The first-order chi connectivity index (χ1) is 10.7. The Hall–Kier alpha value is -1.27. The standard InChI is InChI=1S/C16H25F3N2O2/c1-15(6-4-2-3-5-7-15)14(23)21-10-8-20(9-11-21)13(22)12-16(17,18)19/h2-12H2,1H3. The van der Waals surface area contributed by atoms with Gasteiger partial charge < -0.3 is 9.80 Å². The Balaban J connectivity index is 1.88. The largest absolute Gasteiger partial charge is 0.397 e. The van der Waals surface area contributed by atoms with Gasteiger partial charge in [-0.3, -0.25) is 9.59 Å². The van der Waals surface area contributed by atoms with Crippen molar-refractivity contribution < 1.29 is 22.8 Å². The van der Waals surface area contributed by atoms with Crippen LogP contribution in [0.1, 0.15) is 51.9 Å². The lowest BCUT2D eigenvalue weighted by Gasteiger charge is -2.39. The Bertz CT molecular complexity index is 435. The van der Waals surface area contributed by atoms with Crippen LogP contribution in [0.15, 0.2) is 0 Å². The summed E-state index contributed by atoms with van der Waals surface area (Å²) < 4.78 is 36.9. The summed E-state index contributed by atoms with van der Waals surface area (Å²) in [5, 5.41) is 0. The van der Waals surface area contributed by atoms with E-state index >= 15 is 0 Å². The van der Waals surface area contributed by atoms with E-state index < -0.39 is 18.5 Å². The predicted octanol–water partition coefficient (Wildman–Crippen LogP) is 2.97. The molecule has 2 fully saturated rings. The van der Waals surface area contributed by atoms with Crippen LogP contribution in [0.25, 0.3) is 0 Å². The molecule has 0 aromatic carbocycles. The average molecular weight is 334 g/mol. The highest BCUT2D eigenvalue weighted by Crippen LogP contribution is 2.36. The second kappa shape index (κ2) is 7.09. The Morgan fingerprint density at radius 1 is 0.913 bits per heavy atom. The molecule has 7 heteroatoms. The van der Waals surface area contributed by atoms with E-state index in [1.54, 1.807) is 4.90 Å². The number of carbonyl (C=O) groups excluding carboxylic acids is 2. The van der Waals surface area contributed by atoms with Crippen molar-refractivity contribution in [2.24, 2.45) is 5.41 Å². The molecule has 23 heavy (non-hydrogen) atoms. The van der Waals surface area contributed by atoms with E-state index in [-0.39, 0.29) is 24.4 Å². The average Bonchev–Trinajstić information content (AvgIpc) is 2.70. The van der Waals surface area contributed by atoms with Crippen molar-refractivity contribution in [1.82, 2.24) is 9.80 Å². The molecule has 0 spiro atoms. The molecule has 0 unspecified atom stereocenters. The molecule has 4 nitrogen and oxygen atoms in total. The number of carbonyl (C=O) groups is 2. The number of amides is 2. The highest BCUT2D eigenvalue weighted by atomic mass is 19.4. The first-order valence-corrected chi connectivity index (χ1v) is 8.35. The molecule has 0 N–H and O–H groups in total. The molecule has 0 radical (unpaired) electrons. The Morgan fingerprint density at radius 2 is 1.39 bits per heavy atom. The quantitative estimate of drug-likeness (QED) is 0.729. The van der Waals surface area contributed by atoms with Crippen LogP contribution >= 0.6 is 0 Å². The van der Waals surface area contributed by atoms with Gasteiger partial charge in [-0.05, 0) is 12.8 Å². The van der Waals surface area contributed by atoms with E-state index in [4.69, 9.17) is 0 Å². The van der Waals surface area contributed by atoms with Crippen LogP contribution < -0.4 is 0 Å². The SMILES string of the molecule is CC1(C(=O)N2CCN(C(=O)CC(F)(F)F)CC2)CCCCCC1. The maximum Gasteiger partial charge on any atom is 0.397 e. The van der Waals surface area contributed by atoms with Gasteiger partial charge in [-0.25, -0.2) is 0 Å². The van der Waals surface area contributed by atoms with E-state index in [9.17, 15) is 22.8 Å². The van der Waals surface area contributed by atoms with Crippen molar-refractivity contribution >= 4 is 11.8 Å². The number of piperazine rings is 1. The van der Waals surface area contributed by atoms with Crippen molar-refractivity contribution in [2.75, 3.05) is 26.2 Å². The molecule has 1 heterocycles. The predicted molar refractivity (Wildman–Crippen MR) is 79.6 cm³/mol. The Morgan fingerprint density at radius 3 is 1.87 bits per heavy atom. The number of halogens is 3. The topological polar surface area (TPSA) is 40.6 Å². The number of hydrogen-bond donors (Lipinski definition) is 0. The van der Waals surface area contributed by atoms with Gasteiger partial charge in [-0.2, -0.15) is 13.2 Å². The van der Waals surface area contributed by atoms with Crippen LogP contribution in [-0.2, 0) is 9.59 Å². The third-order valence-corrected chi connectivity index (χ3v) is 4.99. The molecule has 1 aliphatic heterocycles. The summed E-state index contributed by atoms with van der Waals surface area (Å²) in [5.41, 5.74) is -0.353. The molecule has 0 atom stereocenters. The van der Waals surface area contributed by atoms with Crippen molar-refractivity contribution in [3.8, 4) is 0 Å². The summed E-state index contributed by atoms with van der Waals surface area (Å²) in [7, 11) is 0. The molecule has 2 amide bonds. The molecule has 2 rings (SSSR count). The van der Waals surface area contributed by atoms with Crippen molar-refractivity contribution in [2.45, 2.75) is 58.0 Å². The number of nitrogens with zero attached hydrogens (tertiary/aromatic N) is 2. The lowest BCUT2D eigenvalue weighted by molar-refractivity contribution is -0.164. The summed E-state index contributed by atoms with van der Waals surface area (Å²) >= 11 is 0. The minimum absolute atomic E-state index is 0.0994. The van der Waals surface area contributed by atoms with Crippen molar-refractivity contribution in [1.29, 1.82) is 0 Å². The molecule has 0 aromatic rings. The molecule has 132 valence electrons. The third kappa shape index (κ3) is 4.85. The van der Waals surface area contributed by atoms with Crippen LogP contribution in [0.2, 0.25) is 0 Å². The fourth-order valence-corrected chi connectivity index (χ4v) is 3.55. The van der Waals surface area contributed by atoms with E-state index in [0.29, 0.717) is 13.1 Å². The van der Waals surface area contributed by atoms with Gasteiger partial charge in [-0.1, -0.05) is 32.6 Å². The molecule has 1 aliphatic carbocycles. The zero-order valence-corrected chi connectivity index (χ0v) is 13.6. The first kappa shape index (κ1) is 18.1.